The van der Waals surface area contributed by atoms with Crippen LogP contribution in [0.25, 0.3) is 0 Å². The Morgan fingerprint density at radius 2 is 2.50 bits per heavy atom. The third-order valence-corrected chi connectivity index (χ3v) is 3.89. The van der Waals surface area contributed by atoms with E-state index in [1.807, 2.05) is 6.20 Å². The first-order valence-electron chi connectivity index (χ1n) is 6.21. The molecule has 1 spiro atoms. The van der Waals surface area contributed by atoms with Crippen LogP contribution in [-0.2, 0) is 11.3 Å². The van der Waals surface area contributed by atoms with Crippen molar-refractivity contribution >= 4 is 0 Å². The third-order valence-electron chi connectivity index (χ3n) is 3.89. The van der Waals surface area contributed by atoms with Gasteiger partial charge in [0.25, 0.3) is 0 Å². The van der Waals surface area contributed by atoms with Crippen LogP contribution in [0.1, 0.15) is 37.8 Å². The molecule has 4 heteroatoms. The van der Waals surface area contributed by atoms with Crippen LogP contribution in [0.2, 0.25) is 0 Å². The van der Waals surface area contributed by atoms with Crippen molar-refractivity contribution in [1.82, 2.24) is 15.3 Å². The van der Waals surface area contributed by atoms with Crippen molar-refractivity contribution in [3.05, 3.63) is 18.2 Å². The molecule has 1 atom stereocenters. The van der Waals surface area contributed by atoms with Crippen LogP contribution in [0.5, 0.6) is 0 Å². The van der Waals surface area contributed by atoms with Crippen LogP contribution in [-0.4, -0.2) is 28.2 Å². The number of imidazole rings is 1. The van der Waals surface area contributed by atoms with Crippen molar-refractivity contribution in [2.24, 2.45) is 0 Å². The van der Waals surface area contributed by atoms with Gasteiger partial charge >= 0.3 is 0 Å². The van der Waals surface area contributed by atoms with Crippen LogP contribution in [0.3, 0.4) is 0 Å². The van der Waals surface area contributed by atoms with E-state index in [0.717, 1.165) is 25.3 Å². The van der Waals surface area contributed by atoms with E-state index in [9.17, 15) is 0 Å². The fourth-order valence-corrected chi connectivity index (χ4v) is 2.76. The summed E-state index contributed by atoms with van der Waals surface area (Å²) in [5, 5.41) is 3.60. The van der Waals surface area contributed by atoms with Crippen LogP contribution >= 0.6 is 0 Å². The fourth-order valence-electron chi connectivity index (χ4n) is 2.76. The maximum Gasteiger partial charge on any atom is 0.0922 e. The maximum atomic E-state index is 5.91. The van der Waals surface area contributed by atoms with Gasteiger partial charge in [0.05, 0.1) is 11.9 Å². The molecular weight excluding hydrogens is 202 g/mol. The lowest BCUT2D eigenvalue weighted by Gasteiger charge is -2.47. The Morgan fingerprint density at radius 3 is 3.19 bits per heavy atom. The van der Waals surface area contributed by atoms with Crippen molar-refractivity contribution in [3.63, 3.8) is 0 Å². The van der Waals surface area contributed by atoms with E-state index in [0.29, 0.717) is 6.04 Å². The molecule has 1 saturated carbocycles. The molecule has 1 aliphatic carbocycles. The molecule has 0 radical (unpaired) electrons. The fraction of sp³-hybridized carbons (Fsp3) is 0.750. The molecule has 1 saturated heterocycles. The number of hydrogen-bond donors (Lipinski definition) is 2. The minimum Gasteiger partial charge on any atom is -0.375 e. The molecule has 1 aliphatic heterocycles. The summed E-state index contributed by atoms with van der Waals surface area (Å²) in [6.45, 7) is 1.81. The summed E-state index contributed by atoms with van der Waals surface area (Å²) in [6.07, 6.45) is 9.79. The summed E-state index contributed by atoms with van der Waals surface area (Å²) in [4.78, 5) is 7.14. The summed E-state index contributed by atoms with van der Waals surface area (Å²) in [6, 6.07) is 0.609. The van der Waals surface area contributed by atoms with Crippen LogP contribution in [0, 0.1) is 0 Å². The number of hydrogen-bond acceptors (Lipinski definition) is 3. The number of nitrogens with zero attached hydrogens (tertiary/aromatic N) is 1. The van der Waals surface area contributed by atoms with E-state index < -0.39 is 0 Å². The molecule has 0 bridgehead atoms. The second kappa shape index (κ2) is 4.18. The SMILES string of the molecule is c1ncc(CNC2CCOC3(CCC3)C2)[nH]1. The number of aromatic nitrogens is 2. The molecule has 2 aliphatic rings. The topological polar surface area (TPSA) is 49.9 Å². The summed E-state index contributed by atoms with van der Waals surface area (Å²) >= 11 is 0. The average molecular weight is 221 g/mol. The molecule has 1 aromatic heterocycles. The van der Waals surface area contributed by atoms with Crippen LogP contribution < -0.4 is 5.32 Å². The van der Waals surface area contributed by atoms with Gasteiger partial charge in [0, 0.05) is 31.1 Å². The Bertz CT molecular complexity index is 332. The highest BCUT2D eigenvalue weighted by Crippen LogP contribution is 2.42. The zero-order valence-corrected chi connectivity index (χ0v) is 9.54. The predicted octanol–water partition coefficient (Wildman–Crippen LogP) is 1.60. The number of ether oxygens (including phenoxy) is 1. The minimum atomic E-state index is 0.240. The van der Waals surface area contributed by atoms with Gasteiger partial charge in [-0.05, 0) is 32.1 Å². The smallest absolute Gasteiger partial charge is 0.0922 e. The highest BCUT2D eigenvalue weighted by molar-refractivity contribution is 4.98. The molecule has 4 nitrogen and oxygen atoms in total. The summed E-state index contributed by atoms with van der Waals surface area (Å²) in [5.41, 5.74) is 1.40. The third kappa shape index (κ3) is 1.99. The first-order chi connectivity index (χ1) is 7.86. The number of nitrogens with one attached hydrogen (secondary N) is 2. The Kier molecular flexibility index (Phi) is 2.69. The van der Waals surface area contributed by atoms with Gasteiger partial charge in [-0.15, -0.1) is 0 Å². The van der Waals surface area contributed by atoms with E-state index in [1.165, 1.54) is 25.7 Å². The molecule has 2 heterocycles. The predicted molar refractivity (Wildman–Crippen MR) is 61.0 cm³/mol. The summed E-state index contributed by atoms with van der Waals surface area (Å²) in [5.74, 6) is 0. The molecule has 0 aromatic carbocycles. The highest BCUT2D eigenvalue weighted by Gasteiger charge is 2.42. The number of H-pyrrole nitrogens is 1. The number of aromatic amines is 1. The van der Waals surface area contributed by atoms with Crippen molar-refractivity contribution in [3.8, 4) is 0 Å². The zero-order chi connectivity index (χ0) is 10.8. The molecule has 2 N–H and O–H groups in total. The Labute approximate surface area is 95.8 Å². The van der Waals surface area contributed by atoms with Gasteiger partial charge in [0.2, 0.25) is 0 Å². The molecule has 3 rings (SSSR count). The first kappa shape index (κ1) is 10.3. The Hall–Kier alpha value is -0.870. The Morgan fingerprint density at radius 1 is 1.56 bits per heavy atom. The lowest BCUT2D eigenvalue weighted by Crippen LogP contribution is -2.50. The van der Waals surface area contributed by atoms with Gasteiger partial charge in [0.1, 0.15) is 0 Å². The summed E-state index contributed by atoms with van der Waals surface area (Å²) < 4.78 is 5.91. The van der Waals surface area contributed by atoms with Crippen molar-refractivity contribution in [2.45, 2.75) is 50.3 Å². The normalized spacial score (nSPS) is 27.9. The van der Waals surface area contributed by atoms with Gasteiger partial charge < -0.3 is 15.0 Å². The largest absolute Gasteiger partial charge is 0.375 e. The van der Waals surface area contributed by atoms with Crippen LogP contribution in [0.15, 0.2) is 12.5 Å². The molecule has 1 unspecified atom stereocenters. The second-order valence-electron chi connectivity index (χ2n) is 5.03. The van der Waals surface area contributed by atoms with Gasteiger partial charge in [-0.25, -0.2) is 4.98 Å². The van der Waals surface area contributed by atoms with E-state index >= 15 is 0 Å². The highest BCUT2D eigenvalue weighted by atomic mass is 16.5. The number of rotatable bonds is 3. The summed E-state index contributed by atoms with van der Waals surface area (Å²) in [7, 11) is 0. The van der Waals surface area contributed by atoms with E-state index in [2.05, 4.69) is 15.3 Å². The average Bonchev–Trinajstić information content (AvgIpc) is 2.77. The molecule has 2 fully saturated rings. The van der Waals surface area contributed by atoms with Crippen LogP contribution in [0.4, 0.5) is 0 Å². The molecule has 88 valence electrons. The zero-order valence-electron chi connectivity index (χ0n) is 9.54. The van der Waals surface area contributed by atoms with Gasteiger partial charge in [0.15, 0.2) is 0 Å². The van der Waals surface area contributed by atoms with E-state index in [-0.39, 0.29) is 5.60 Å². The quantitative estimate of drug-likeness (QED) is 0.815. The van der Waals surface area contributed by atoms with Gasteiger partial charge in [-0.1, -0.05) is 0 Å². The second-order valence-corrected chi connectivity index (χ2v) is 5.03. The first-order valence-corrected chi connectivity index (χ1v) is 6.21. The molecule has 1 aromatic rings. The van der Waals surface area contributed by atoms with Crippen molar-refractivity contribution in [2.75, 3.05) is 6.61 Å². The maximum absolute atomic E-state index is 5.91. The molecule has 0 amide bonds. The van der Waals surface area contributed by atoms with Crippen molar-refractivity contribution < 1.29 is 4.74 Å². The lowest BCUT2D eigenvalue weighted by atomic mass is 9.74. The molecular formula is C12H19N3O. The van der Waals surface area contributed by atoms with E-state index in [4.69, 9.17) is 4.74 Å². The lowest BCUT2D eigenvalue weighted by molar-refractivity contribution is -0.135. The minimum absolute atomic E-state index is 0.240. The van der Waals surface area contributed by atoms with Crippen molar-refractivity contribution in [1.29, 1.82) is 0 Å². The Balaban J connectivity index is 1.51. The van der Waals surface area contributed by atoms with Gasteiger partial charge in [-0.3, -0.25) is 0 Å². The standard InChI is InChI=1S/C12H19N3O/c1-3-12(4-1)6-10(2-5-16-12)14-8-11-7-13-9-15-11/h7,9-10,14H,1-6,8H2,(H,13,15). The van der Waals surface area contributed by atoms with Gasteiger partial charge in [-0.2, -0.15) is 0 Å². The van der Waals surface area contributed by atoms with E-state index in [1.54, 1.807) is 6.33 Å². The molecule has 16 heavy (non-hydrogen) atoms. The monoisotopic (exact) mass is 221 g/mol.